The van der Waals surface area contributed by atoms with Crippen LogP contribution >= 0.6 is 11.3 Å². The summed E-state index contributed by atoms with van der Waals surface area (Å²) in [5.41, 5.74) is 1.64. The summed E-state index contributed by atoms with van der Waals surface area (Å²) in [7, 11) is 0. The largest absolute Gasteiger partial charge is 0.368 e. The monoisotopic (exact) mass is 320 g/mol. The number of carbonyl (C=O) groups excluding carboxylic acids is 1. The van der Waals surface area contributed by atoms with Gasteiger partial charge in [-0.25, -0.2) is 0 Å². The van der Waals surface area contributed by atoms with Crippen molar-refractivity contribution in [2.24, 2.45) is 5.41 Å². The van der Waals surface area contributed by atoms with Gasteiger partial charge in [-0.15, -0.1) is 0 Å². The van der Waals surface area contributed by atoms with Crippen LogP contribution in [0.2, 0.25) is 0 Å². The molecule has 3 fully saturated rings. The number of nitrogens with zero attached hydrogens (tertiary/aromatic N) is 1. The van der Waals surface area contributed by atoms with E-state index >= 15 is 0 Å². The van der Waals surface area contributed by atoms with Gasteiger partial charge >= 0.3 is 0 Å². The Bertz CT molecular complexity index is 519. The summed E-state index contributed by atoms with van der Waals surface area (Å²) in [5.74, 6) is 0.226. The minimum Gasteiger partial charge on any atom is -0.368 e. The van der Waals surface area contributed by atoms with Crippen molar-refractivity contribution >= 4 is 17.2 Å². The molecule has 0 radical (unpaired) electrons. The van der Waals surface area contributed by atoms with Gasteiger partial charge in [0.05, 0.1) is 0 Å². The maximum Gasteiger partial charge on any atom is 0.252 e. The summed E-state index contributed by atoms with van der Waals surface area (Å²) < 4.78 is 5.67. The molecular formula is C17H24N2O2S. The van der Waals surface area contributed by atoms with Gasteiger partial charge in [0, 0.05) is 19.2 Å². The van der Waals surface area contributed by atoms with E-state index in [2.05, 4.69) is 27.0 Å². The second-order valence-corrected chi connectivity index (χ2v) is 7.71. The first-order valence-corrected chi connectivity index (χ1v) is 9.37. The number of nitrogens with one attached hydrogen (secondary N) is 1. The van der Waals surface area contributed by atoms with Crippen molar-refractivity contribution < 1.29 is 9.53 Å². The Morgan fingerprint density at radius 3 is 3.00 bits per heavy atom. The van der Waals surface area contributed by atoms with Crippen molar-refractivity contribution in [3.63, 3.8) is 0 Å². The molecule has 120 valence electrons. The highest BCUT2D eigenvalue weighted by atomic mass is 32.1. The van der Waals surface area contributed by atoms with E-state index in [1.54, 1.807) is 11.3 Å². The van der Waals surface area contributed by atoms with Crippen LogP contribution in [0.4, 0.5) is 0 Å². The third kappa shape index (κ3) is 2.70. The second kappa shape index (κ2) is 5.95. The van der Waals surface area contributed by atoms with E-state index in [9.17, 15) is 4.79 Å². The third-order valence-corrected chi connectivity index (χ3v) is 6.28. The van der Waals surface area contributed by atoms with Crippen LogP contribution in [0.5, 0.6) is 0 Å². The molecule has 1 aromatic rings. The predicted octanol–water partition coefficient (Wildman–Crippen LogP) is 2.40. The minimum atomic E-state index is -0.196. The van der Waals surface area contributed by atoms with Crippen molar-refractivity contribution in [1.82, 2.24) is 10.2 Å². The van der Waals surface area contributed by atoms with Crippen LogP contribution in [0.15, 0.2) is 16.8 Å². The first-order chi connectivity index (χ1) is 10.8. The van der Waals surface area contributed by atoms with Crippen LogP contribution in [-0.4, -0.2) is 42.6 Å². The minimum absolute atomic E-state index is 0.196. The second-order valence-electron chi connectivity index (χ2n) is 6.93. The van der Waals surface area contributed by atoms with E-state index in [0.717, 1.165) is 39.1 Å². The number of amides is 1. The van der Waals surface area contributed by atoms with E-state index in [4.69, 9.17) is 4.74 Å². The zero-order valence-corrected chi connectivity index (χ0v) is 13.7. The summed E-state index contributed by atoms with van der Waals surface area (Å²) in [6.07, 6.45) is 5.30. The van der Waals surface area contributed by atoms with Crippen LogP contribution in [-0.2, 0) is 16.1 Å². The Hall–Kier alpha value is -0.910. The van der Waals surface area contributed by atoms with E-state index in [1.807, 2.05) is 0 Å². The molecule has 0 bridgehead atoms. The number of ether oxygens (including phenoxy) is 1. The molecule has 3 aliphatic rings. The summed E-state index contributed by atoms with van der Waals surface area (Å²) in [6, 6.07) is 2.56. The average molecular weight is 320 g/mol. The predicted molar refractivity (Wildman–Crippen MR) is 86.8 cm³/mol. The summed E-state index contributed by atoms with van der Waals surface area (Å²) >= 11 is 1.71. The SMILES string of the molecule is O=C([C@H]1CCCO1)N(Cc1ccsc1)[C@@H]1CC12CCNCC2. The quantitative estimate of drug-likeness (QED) is 0.926. The lowest BCUT2D eigenvalue weighted by molar-refractivity contribution is -0.143. The van der Waals surface area contributed by atoms with Gasteiger partial charge < -0.3 is 15.0 Å². The van der Waals surface area contributed by atoms with Crippen molar-refractivity contribution in [3.05, 3.63) is 22.4 Å². The van der Waals surface area contributed by atoms with Gasteiger partial charge in [-0.2, -0.15) is 11.3 Å². The highest BCUT2D eigenvalue weighted by Gasteiger charge is 2.58. The number of hydrogen-bond donors (Lipinski definition) is 1. The van der Waals surface area contributed by atoms with Gasteiger partial charge in [-0.05, 0) is 73.0 Å². The Morgan fingerprint density at radius 1 is 1.45 bits per heavy atom. The lowest BCUT2D eigenvalue weighted by atomic mass is 9.93. The lowest BCUT2D eigenvalue weighted by Crippen LogP contribution is -2.43. The van der Waals surface area contributed by atoms with Gasteiger partial charge in [-0.1, -0.05) is 0 Å². The number of carbonyl (C=O) groups is 1. The highest BCUT2D eigenvalue weighted by molar-refractivity contribution is 7.07. The molecular weight excluding hydrogens is 296 g/mol. The van der Waals surface area contributed by atoms with Crippen LogP contribution in [0, 0.1) is 5.41 Å². The topological polar surface area (TPSA) is 41.6 Å². The van der Waals surface area contributed by atoms with Gasteiger partial charge in [0.25, 0.3) is 5.91 Å². The molecule has 0 aromatic carbocycles. The van der Waals surface area contributed by atoms with Crippen LogP contribution < -0.4 is 5.32 Å². The smallest absolute Gasteiger partial charge is 0.252 e. The molecule has 1 spiro atoms. The van der Waals surface area contributed by atoms with Crippen LogP contribution in [0.25, 0.3) is 0 Å². The van der Waals surface area contributed by atoms with Crippen molar-refractivity contribution in [2.75, 3.05) is 19.7 Å². The lowest BCUT2D eigenvalue weighted by Gasteiger charge is -2.31. The molecule has 1 saturated carbocycles. The fourth-order valence-electron chi connectivity index (χ4n) is 4.11. The molecule has 1 amide bonds. The van der Waals surface area contributed by atoms with Crippen molar-refractivity contribution in [3.8, 4) is 0 Å². The van der Waals surface area contributed by atoms with Crippen molar-refractivity contribution in [1.29, 1.82) is 0 Å². The Balaban J connectivity index is 1.51. The molecule has 2 atom stereocenters. The normalized spacial score (nSPS) is 29.6. The zero-order chi connectivity index (χ0) is 15.0. The highest BCUT2D eigenvalue weighted by Crippen LogP contribution is 2.56. The van der Waals surface area contributed by atoms with Crippen molar-refractivity contribution in [2.45, 2.75) is 50.8 Å². The number of rotatable bonds is 4. The van der Waals surface area contributed by atoms with E-state index in [0.29, 0.717) is 11.5 Å². The number of hydrogen-bond acceptors (Lipinski definition) is 4. The van der Waals surface area contributed by atoms with E-state index < -0.39 is 0 Å². The summed E-state index contributed by atoms with van der Waals surface area (Å²) in [5, 5.41) is 7.70. The molecule has 5 heteroatoms. The molecule has 4 rings (SSSR count). The number of piperidine rings is 1. The first-order valence-electron chi connectivity index (χ1n) is 8.42. The summed E-state index contributed by atoms with van der Waals surface area (Å²) in [4.78, 5) is 15.1. The molecule has 1 aromatic heterocycles. The van der Waals surface area contributed by atoms with Gasteiger partial charge in [0.1, 0.15) is 6.10 Å². The van der Waals surface area contributed by atoms with Gasteiger partial charge in [0.2, 0.25) is 0 Å². The van der Waals surface area contributed by atoms with E-state index in [1.165, 1.54) is 24.8 Å². The third-order valence-electron chi connectivity index (χ3n) is 5.54. The molecule has 1 N–H and O–H groups in total. The molecule has 2 saturated heterocycles. The molecule has 1 aliphatic carbocycles. The molecule has 2 aliphatic heterocycles. The Morgan fingerprint density at radius 2 is 2.32 bits per heavy atom. The zero-order valence-electron chi connectivity index (χ0n) is 12.9. The average Bonchev–Trinajstić information content (AvgIpc) is 3.02. The molecule has 22 heavy (non-hydrogen) atoms. The molecule has 3 heterocycles. The van der Waals surface area contributed by atoms with E-state index in [-0.39, 0.29) is 12.0 Å². The van der Waals surface area contributed by atoms with Crippen LogP contribution in [0.3, 0.4) is 0 Å². The fraction of sp³-hybridized carbons (Fsp3) is 0.706. The van der Waals surface area contributed by atoms with Gasteiger partial charge in [-0.3, -0.25) is 4.79 Å². The fourth-order valence-corrected chi connectivity index (χ4v) is 4.77. The summed E-state index contributed by atoms with van der Waals surface area (Å²) in [6.45, 7) is 3.68. The van der Waals surface area contributed by atoms with Crippen LogP contribution in [0.1, 0.15) is 37.7 Å². The molecule has 0 unspecified atom stereocenters. The number of thiophene rings is 1. The molecule has 4 nitrogen and oxygen atoms in total. The first kappa shape index (κ1) is 14.7. The standard InChI is InChI=1S/C17H24N2O2S/c20-16(14-2-1-8-21-14)19(11-13-3-9-22-12-13)15-10-17(15)4-6-18-7-5-17/h3,9,12,14-15,18H,1-2,4-8,10-11H2/t14-,15-/m1/s1. The Labute approximate surface area is 135 Å². The maximum atomic E-state index is 13.0. The Kier molecular flexibility index (Phi) is 3.96. The van der Waals surface area contributed by atoms with Gasteiger partial charge in [0.15, 0.2) is 0 Å². The maximum absolute atomic E-state index is 13.0.